The van der Waals surface area contributed by atoms with Crippen LogP contribution in [0.3, 0.4) is 0 Å². The van der Waals surface area contributed by atoms with Gasteiger partial charge < -0.3 is 0 Å². The van der Waals surface area contributed by atoms with Crippen LogP contribution >= 0.6 is 0 Å². The summed E-state index contributed by atoms with van der Waals surface area (Å²) in [6.07, 6.45) is 1.37. The summed E-state index contributed by atoms with van der Waals surface area (Å²) >= 11 is 0. The normalized spacial score (nSPS) is 8.89. The second-order valence-electron chi connectivity index (χ2n) is 1.37. The molecule has 0 radical (unpaired) electrons. The van der Waals surface area contributed by atoms with Crippen molar-refractivity contribution in [2.75, 3.05) is 0 Å². The second kappa shape index (κ2) is 2.17. The molecule has 1 N–H and O–H groups in total. The molecular formula is C4H3N3O2. The van der Waals surface area contributed by atoms with Crippen LogP contribution in [0.4, 0.5) is 0 Å². The number of aromatic nitrogens is 2. The molecule has 1 aromatic heterocycles. The first-order valence-corrected chi connectivity index (χ1v) is 2.21. The molecule has 46 valence electrons. The zero-order valence-corrected chi connectivity index (χ0v) is 4.37. The highest BCUT2D eigenvalue weighted by molar-refractivity contribution is 5.92. The number of nitrogens with zero attached hydrogens (tertiary/aromatic N) is 2. The van der Waals surface area contributed by atoms with E-state index >= 15 is 0 Å². The van der Waals surface area contributed by atoms with E-state index in [-0.39, 0.29) is 5.69 Å². The van der Waals surface area contributed by atoms with Gasteiger partial charge in [-0.15, -0.1) is 4.91 Å². The fourth-order valence-corrected chi connectivity index (χ4v) is 0.424. The van der Waals surface area contributed by atoms with Gasteiger partial charge in [-0.3, -0.25) is 9.89 Å². The van der Waals surface area contributed by atoms with Gasteiger partial charge in [0, 0.05) is 11.4 Å². The molecule has 0 atom stereocenters. The highest BCUT2D eigenvalue weighted by Crippen LogP contribution is 1.92. The zero-order chi connectivity index (χ0) is 6.69. The lowest BCUT2D eigenvalue weighted by Crippen LogP contribution is -1.92. The quantitative estimate of drug-likeness (QED) is 0.549. The fourth-order valence-electron chi connectivity index (χ4n) is 0.424. The molecule has 0 saturated carbocycles. The van der Waals surface area contributed by atoms with E-state index in [0.717, 1.165) is 0 Å². The summed E-state index contributed by atoms with van der Waals surface area (Å²) < 4.78 is 0. The summed E-state index contributed by atoms with van der Waals surface area (Å²) in [7, 11) is 0. The van der Waals surface area contributed by atoms with Crippen molar-refractivity contribution in [1.82, 2.24) is 10.2 Å². The van der Waals surface area contributed by atoms with Gasteiger partial charge in [0.15, 0.2) is 0 Å². The van der Waals surface area contributed by atoms with Gasteiger partial charge in [0.1, 0.15) is 5.69 Å². The number of rotatable bonds is 1. The smallest absolute Gasteiger partial charge is 0.273 e. The number of hydrogen-bond acceptors (Lipinski definition) is 3. The van der Waals surface area contributed by atoms with Gasteiger partial charge in [-0.1, -0.05) is 0 Å². The number of carbonyl (C=O) groups is 1. The van der Waals surface area contributed by atoms with Crippen molar-refractivity contribution in [3.05, 3.63) is 22.9 Å². The Kier molecular flexibility index (Phi) is 1.35. The van der Waals surface area contributed by atoms with Crippen molar-refractivity contribution in [3.63, 3.8) is 0 Å². The molecule has 9 heavy (non-hydrogen) atoms. The number of amides is 1. The maximum absolute atomic E-state index is 10.3. The summed E-state index contributed by atoms with van der Waals surface area (Å²) in [6.45, 7) is 0. The van der Waals surface area contributed by atoms with Crippen molar-refractivity contribution in [2.45, 2.75) is 0 Å². The van der Waals surface area contributed by atoms with Crippen LogP contribution < -0.4 is 0 Å². The van der Waals surface area contributed by atoms with E-state index in [0.29, 0.717) is 0 Å². The van der Waals surface area contributed by atoms with Crippen LogP contribution in [0.5, 0.6) is 0 Å². The number of nitroso groups, excluding NO2 is 1. The van der Waals surface area contributed by atoms with Gasteiger partial charge in [-0.2, -0.15) is 5.10 Å². The summed E-state index contributed by atoms with van der Waals surface area (Å²) in [4.78, 5) is 19.9. The Balaban J connectivity index is 2.89. The summed E-state index contributed by atoms with van der Waals surface area (Å²) in [5.41, 5.74) is 0.116. The molecule has 1 heterocycles. The molecule has 1 amide bonds. The monoisotopic (exact) mass is 125 g/mol. The van der Waals surface area contributed by atoms with Crippen LogP contribution in [0.2, 0.25) is 0 Å². The number of H-pyrrole nitrogens is 1. The zero-order valence-electron chi connectivity index (χ0n) is 4.37. The van der Waals surface area contributed by atoms with Crippen LogP contribution in [0.1, 0.15) is 10.5 Å². The third-order valence-corrected chi connectivity index (χ3v) is 0.814. The van der Waals surface area contributed by atoms with Crippen molar-refractivity contribution >= 4 is 5.91 Å². The molecular weight excluding hydrogens is 122 g/mol. The molecule has 0 unspecified atom stereocenters. The van der Waals surface area contributed by atoms with Gasteiger partial charge in [0.05, 0.1) is 0 Å². The molecule has 0 aromatic carbocycles. The first-order valence-electron chi connectivity index (χ1n) is 2.21. The van der Waals surface area contributed by atoms with E-state index in [1.807, 2.05) is 0 Å². The van der Waals surface area contributed by atoms with Gasteiger partial charge in [-0.25, -0.2) is 0 Å². The minimum Gasteiger partial charge on any atom is -0.273 e. The topological polar surface area (TPSA) is 75.2 Å². The van der Waals surface area contributed by atoms with Gasteiger partial charge in [-0.05, 0) is 6.07 Å². The van der Waals surface area contributed by atoms with E-state index in [2.05, 4.69) is 15.4 Å². The summed E-state index contributed by atoms with van der Waals surface area (Å²) in [5, 5.41) is 7.91. The Morgan fingerprint density at radius 1 is 1.78 bits per heavy atom. The maximum Gasteiger partial charge on any atom is 0.334 e. The molecule has 1 aromatic rings. The molecule has 0 aliphatic rings. The number of hydrogen-bond donors (Lipinski definition) is 1. The number of carbonyl (C=O) groups excluding carboxylic acids is 1. The van der Waals surface area contributed by atoms with Crippen LogP contribution in [-0.4, -0.2) is 16.1 Å². The molecule has 0 saturated heterocycles. The first kappa shape index (κ1) is 5.61. The lowest BCUT2D eigenvalue weighted by molar-refractivity contribution is 0.0996. The second-order valence-corrected chi connectivity index (χ2v) is 1.37. The van der Waals surface area contributed by atoms with E-state index < -0.39 is 5.91 Å². The SMILES string of the molecule is O=NC(=O)c1ccn[nH]1. The van der Waals surface area contributed by atoms with E-state index in [1.165, 1.54) is 12.3 Å². The first-order chi connectivity index (χ1) is 4.34. The molecule has 0 aliphatic carbocycles. The minimum atomic E-state index is -0.826. The fraction of sp³-hybridized carbons (Fsp3) is 0. The number of nitrogens with one attached hydrogen (secondary N) is 1. The predicted molar refractivity (Wildman–Crippen MR) is 28.7 cm³/mol. The molecule has 0 spiro atoms. The van der Waals surface area contributed by atoms with Crippen molar-refractivity contribution < 1.29 is 4.79 Å². The van der Waals surface area contributed by atoms with E-state index in [1.54, 1.807) is 0 Å². The average molecular weight is 125 g/mol. The average Bonchev–Trinajstić information content (AvgIpc) is 2.37. The molecule has 0 bridgehead atoms. The van der Waals surface area contributed by atoms with Crippen molar-refractivity contribution in [3.8, 4) is 0 Å². The highest BCUT2D eigenvalue weighted by Gasteiger charge is 2.03. The third-order valence-electron chi connectivity index (χ3n) is 0.814. The number of aromatic amines is 1. The summed E-state index contributed by atoms with van der Waals surface area (Å²) in [5.74, 6) is -0.826. The molecule has 1 rings (SSSR count). The lowest BCUT2D eigenvalue weighted by atomic mass is 10.4. The van der Waals surface area contributed by atoms with Gasteiger partial charge in [0.25, 0.3) is 0 Å². The lowest BCUT2D eigenvalue weighted by Gasteiger charge is -1.77. The van der Waals surface area contributed by atoms with Gasteiger partial charge >= 0.3 is 5.91 Å². The van der Waals surface area contributed by atoms with Crippen molar-refractivity contribution in [2.24, 2.45) is 5.18 Å². The maximum atomic E-state index is 10.3. The van der Waals surface area contributed by atoms with Gasteiger partial charge in [0.2, 0.25) is 0 Å². The third kappa shape index (κ3) is 0.987. The molecule has 5 nitrogen and oxygen atoms in total. The minimum absolute atomic E-state index is 0.116. The Hall–Kier alpha value is -1.52. The van der Waals surface area contributed by atoms with Crippen LogP contribution in [0.25, 0.3) is 0 Å². The van der Waals surface area contributed by atoms with Crippen LogP contribution in [-0.2, 0) is 0 Å². The Labute approximate surface area is 50.0 Å². The Morgan fingerprint density at radius 2 is 2.56 bits per heavy atom. The van der Waals surface area contributed by atoms with E-state index in [9.17, 15) is 9.70 Å². The summed E-state index contributed by atoms with van der Waals surface area (Å²) in [6, 6.07) is 1.38. The molecule has 0 fully saturated rings. The molecule has 5 heteroatoms. The standard InChI is InChI=1S/C4H3N3O2/c8-4(7-9)3-1-2-5-6-3/h1-2H,(H,5,6). The molecule has 0 aliphatic heterocycles. The highest BCUT2D eigenvalue weighted by atomic mass is 16.3. The Morgan fingerprint density at radius 3 is 3.00 bits per heavy atom. The van der Waals surface area contributed by atoms with Crippen molar-refractivity contribution in [1.29, 1.82) is 0 Å². The Bertz CT molecular complexity index is 216. The van der Waals surface area contributed by atoms with E-state index in [4.69, 9.17) is 0 Å². The van der Waals surface area contributed by atoms with Crippen LogP contribution in [0, 0.1) is 4.91 Å². The largest absolute Gasteiger partial charge is 0.334 e. The van der Waals surface area contributed by atoms with Crippen LogP contribution in [0.15, 0.2) is 17.4 Å². The predicted octanol–water partition coefficient (Wildman–Crippen LogP) is 0.316.